The van der Waals surface area contributed by atoms with Crippen molar-refractivity contribution in [1.82, 2.24) is 10.2 Å². The molecule has 0 spiro atoms. The zero-order valence-corrected chi connectivity index (χ0v) is 11.9. The van der Waals surface area contributed by atoms with E-state index in [-0.39, 0.29) is 17.4 Å². The lowest BCUT2D eigenvalue weighted by Crippen LogP contribution is -2.55. The molecular formula is C15H23FN2O. The zero-order chi connectivity index (χ0) is 13.9. The van der Waals surface area contributed by atoms with Gasteiger partial charge in [-0.2, -0.15) is 0 Å². The van der Waals surface area contributed by atoms with Crippen molar-refractivity contribution >= 4 is 0 Å². The standard InChI is InChI=1S/C15H23FN2O/c1-15(2,18-7-9-19-10-8-18)14(17-3)12-5-4-6-13(16)11-12/h4-6,11,14,17H,7-10H2,1-3H3. The van der Waals surface area contributed by atoms with Gasteiger partial charge in [-0.25, -0.2) is 4.39 Å². The van der Waals surface area contributed by atoms with Crippen LogP contribution in [-0.4, -0.2) is 43.8 Å². The first-order valence-electron chi connectivity index (χ1n) is 6.81. The quantitative estimate of drug-likeness (QED) is 0.904. The summed E-state index contributed by atoms with van der Waals surface area (Å²) in [6.07, 6.45) is 0. The summed E-state index contributed by atoms with van der Waals surface area (Å²) in [4.78, 5) is 2.41. The third-order valence-electron chi connectivity index (χ3n) is 4.00. The van der Waals surface area contributed by atoms with Crippen molar-refractivity contribution in [2.75, 3.05) is 33.4 Å². The smallest absolute Gasteiger partial charge is 0.123 e. The van der Waals surface area contributed by atoms with E-state index in [1.807, 2.05) is 13.1 Å². The molecular weight excluding hydrogens is 243 g/mol. The molecule has 4 heteroatoms. The lowest BCUT2D eigenvalue weighted by Gasteiger charge is -2.46. The van der Waals surface area contributed by atoms with Crippen LogP contribution >= 0.6 is 0 Å². The average Bonchev–Trinajstić information content (AvgIpc) is 2.40. The summed E-state index contributed by atoms with van der Waals surface area (Å²) in [7, 11) is 1.93. The second-order valence-corrected chi connectivity index (χ2v) is 5.53. The maximum atomic E-state index is 13.4. The van der Waals surface area contributed by atoms with E-state index in [0.29, 0.717) is 0 Å². The van der Waals surface area contributed by atoms with Crippen molar-refractivity contribution < 1.29 is 9.13 Å². The van der Waals surface area contributed by atoms with Gasteiger partial charge >= 0.3 is 0 Å². The Kier molecular flexibility index (Phi) is 4.55. The lowest BCUT2D eigenvalue weighted by atomic mass is 9.86. The van der Waals surface area contributed by atoms with Crippen LogP contribution < -0.4 is 5.32 Å². The van der Waals surface area contributed by atoms with Crippen molar-refractivity contribution in [3.63, 3.8) is 0 Å². The monoisotopic (exact) mass is 266 g/mol. The molecule has 1 atom stereocenters. The number of likely N-dealkylation sites (N-methyl/N-ethyl adjacent to an activating group) is 1. The van der Waals surface area contributed by atoms with E-state index in [1.165, 1.54) is 6.07 Å². The molecule has 1 saturated heterocycles. The van der Waals surface area contributed by atoms with Crippen LogP contribution in [0.3, 0.4) is 0 Å². The predicted octanol–water partition coefficient (Wildman–Crippen LogP) is 2.20. The van der Waals surface area contributed by atoms with Gasteiger partial charge in [0.05, 0.1) is 13.2 Å². The van der Waals surface area contributed by atoms with Crippen LogP contribution in [0.15, 0.2) is 24.3 Å². The molecule has 1 aromatic carbocycles. The van der Waals surface area contributed by atoms with E-state index in [4.69, 9.17) is 4.74 Å². The maximum Gasteiger partial charge on any atom is 0.123 e. The molecule has 1 unspecified atom stereocenters. The van der Waals surface area contributed by atoms with Gasteiger partial charge in [-0.05, 0) is 38.6 Å². The van der Waals surface area contributed by atoms with Gasteiger partial charge in [-0.1, -0.05) is 12.1 Å². The predicted molar refractivity (Wildman–Crippen MR) is 74.7 cm³/mol. The van der Waals surface area contributed by atoms with Crippen molar-refractivity contribution in [2.24, 2.45) is 0 Å². The summed E-state index contributed by atoms with van der Waals surface area (Å²) in [6, 6.07) is 6.93. The summed E-state index contributed by atoms with van der Waals surface area (Å²) in [5, 5.41) is 3.33. The summed E-state index contributed by atoms with van der Waals surface area (Å²) in [6.45, 7) is 7.77. The molecule has 0 aliphatic carbocycles. The van der Waals surface area contributed by atoms with Crippen molar-refractivity contribution in [2.45, 2.75) is 25.4 Å². The minimum absolute atomic E-state index is 0.0845. The maximum absolute atomic E-state index is 13.4. The molecule has 1 fully saturated rings. The van der Waals surface area contributed by atoms with Gasteiger partial charge in [0.1, 0.15) is 5.82 Å². The van der Waals surface area contributed by atoms with Crippen LogP contribution in [0.1, 0.15) is 25.5 Å². The fourth-order valence-electron chi connectivity index (χ4n) is 2.94. The molecule has 0 radical (unpaired) electrons. The second kappa shape index (κ2) is 5.99. The Hall–Kier alpha value is -0.970. The van der Waals surface area contributed by atoms with Gasteiger partial charge in [0, 0.05) is 24.7 Å². The van der Waals surface area contributed by atoms with E-state index in [2.05, 4.69) is 24.1 Å². The van der Waals surface area contributed by atoms with Gasteiger partial charge in [-0.3, -0.25) is 4.90 Å². The zero-order valence-electron chi connectivity index (χ0n) is 11.9. The summed E-state index contributed by atoms with van der Waals surface area (Å²) >= 11 is 0. The van der Waals surface area contributed by atoms with Crippen LogP contribution in [-0.2, 0) is 4.74 Å². The van der Waals surface area contributed by atoms with Crippen molar-refractivity contribution in [3.8, 4) is 0 Å². The minimum Gasteiger partial charge on any atom is -0.379 e. The normalized spacial score (nSPS) is 19.4. The van der Waals surface area contributed by atoms with E-state index in [1.54, 1.807) is 12.1 Å². The lowest BCUT2D eigenvalue weighted by molar-refractivity contribution is -0.0229. The second-order valence-electron chi connectivity index (χ2n) is 5.53. The third-order valence-corrected chi connectivity index (χ3v) is 4.00. The average molecular weight is 266 g/mol. The first-order valence-corrected chi connectivity index (χ1v) is 6.81. The molecule has 0 amide bonds. The van der Waals surface area contributed by atoms with Crippen LogP contribution in [0.4, 0.5) is 4.39 Å². The Labute approximate surface area is 114 Å². The Morgan fingerprint density at radius 2 is 2.00 bits per heavy atom. The number of halogens is 1. The third kappa shape index (κ3) is 3.14. The number of rotatable bonds is 4. The topological polar surface area (TPSA) is 24.5 Å². The Bertz CT molecular complexity index is 416. The fourth-order valence-corrected chi connectivity index (χ4v) is 2.94. The number of hydrogen-bond donors (Lipinski definition) is 1. The summed E-state index contributed by atoms with van der Waals surface area (Å²) < 4.78 is 18.8. The fraction of sp³-hybridized carbons (Fsp3) is 0.600. The molecule has 1 aromatic rings. The molecule has 1 aliphatic rings. The Morgan fingerprint density at radius 3 is 2.58 bits per heavy atom. The summed E-state index contributed by atoms with van der Waals surface area (Å²) in [5.74, 6) is -0.185. The van der Waals surface area contributed by atoms with Crippen LogP contribution in [0.25, 0.3) is 0 Å². The van der Waals surface area contributed by atoms with Crippen LogP contribution in [0.2, 0.25) is 0 Å². The molecule has 106 valence electrons. The highest BCUT2D eigenvalue weighted by molar-refractivity contribution is 5.23. The van der Waals surface area contributed by atoms with Gasteiger partial charge in [0.15, 0.2) is 0 Å². The highest BCUT2D eigenvalue weighted by Gasteiger charge is 2.36. The molecule has 0 saturated carbocycles. The molecule has 19 heavy (non-hydrogen) atoms. The van der Waals surface area contributed by atoms with Gasteiger partial charge < -0.3 is 10.1 Å². The Morgan fingerprint density at radius 1 is 1.32 bits per heavy atom. The summed E-state index contributed by atoms with van der Waals surface area (Å²) in [5.41, 5.74) is 0.894. The van der Waals surface area contributed by atoms with Gasteiger partial charge in [-0.15, -0.1) is 0 Å². The highest BCUT2D eigenvalue weighted by Crippen LogP contribution is 2.31. The Balaban J connectivity index is 2.24. The highest BCUT2D eigenvalue weighted by atomic mass is 19.1. The van der Waals surface area contributed by atoms with Crippen molar-refractivity contribution in [3.05, 3.63) is 35.6 Å². The largest absolute Gasteiger partial charge is 0.379 e. The first kappa shape index (κ1) is 14.4. The molecule has 1 heterocycles. The van der Waals surface area contributed by atoms with Crippen LogP contribution in [0, 0.1) is 5.82 Å². The van der Waals surface area contributed by atoms with E-state index in [9.17, 15) is 4.39 Å². The molecule has 3 nitrogen and oxygen atoms in total. The van der Waals surface area contributed by atoms with Crippen LogP contribution in [0.5, 0.6) is 0 Å². The SMILES string of the molecule is CNC(c1cccc(F)c1)C(C)(C)N1CCOCC1. The molecule has 1 N–H and O–H groups in total. The van der Waals surface area contributed by atoms with Gasteiger partial charge in [0.25, 0.3) is 0 Å². The van der Waals surface area contributed by atoms with Gasteiger partial charge in [0.2, 0.25) is 0 Å². The minimum atomic E-state index is -0.185. The molecule has 2 rings (SSSR count). The number of benzene rings is 1. The number of hydrogen-bond acceptors (Lipinski definition) is 3. The number of morpholine rings is 1. The number of nitrogens with zero attached hydrogens (tertiary/aromatic N) is 1. The van der Waals surface area contributed by atoms with E-state index >= 15 is 0 Å². The molecule has 0 aromatic heterocycles. The van der Waals surface area contributed by atoms with E-state index < -0.39 is 0 Å². The van der Waals surface area contributed by atoms with E-state index in [0.717, 1.165) is 31.9 Å². The number of ether oxygens (including phenoxy) is 1. The molecule has 1 aliphatic heterocycles. The first-order chi connectivity index (χ1) is 9.05. The van der Waals surface area contributed by atoms with Crippen molar-refractivity contribution in [1.29, 1.82) is 0 Å². The number of nitrogens with one attached hydrogen (secondary N) is 1. The molecule has 0 bridgehead atoms.